The number of fused-ring (bicyclic) bond motifs is 1. The average molecular weight is 257 g/mol. The van der Waals surface area contributed by atoms with Gasteiger partial charge in [-0.1, -0.05) is 19.9 Å². The van der Waals surface area contributed by atoms with Crippen molar-refractivity contribution in [2.24, 2.45) is 7.05 Å². The van der Waals surface area contributed by atoms with Gasteiger partial charge in [-0.3, -0.25) is 0 Å². The molecule has 1 saturated heterocycles. The smallest absolute Gasteiger partial charge is 0.112 e. The fraction of sp³-hybridized carbons (Fsp3) is 0.562. The standard InChI is InChI=1S/C16H23N3/c1-11(2)13-4-5-15-14(10-13)18-16(19(15)3)12-6-8-17-9-7-12/h4-5,10-12,17H,6-9H2,1-3H3. The van der Waals surface area contributed by atoms with Crippen LogP contribution in [0.15, 0.2) is 18.2 Å². The van der Waals surface area contributed by atoms with Crippen molar-refractivity contribution in [3.05, 3.63) is 29.6 Å². The first-order valence-corrected chi connectivity index (χ1v) is 7.34. The molecule has 1 N–H and O–H groups in total. The number of aryl methyl sites for hydroxylation is 1. The molecule has 19 heavy (non-hydrogen) atoms. The lowest BCUT2D eigenvalue weighted by Crippen LogP contribution is -2.27. The number of aromatic nitrogens is 2. The van der Waals surface area contributed by atoms with Gasteiger partial charge >= 0.3 is 0 Å². The van der Waals surface area contributed by atoms with Crippen LogP contribution < -0.4 is 5.32 Å². The first-order chi connectivity index (χ1) is 9.16. The summed E-state index contributed by atoms with van der Waals surface area (Å²) in [6.45, 7) is 6.70. The van der Waals surface area contributed by atoms with Gasteiger partial charge in [0.1, 0.15) is 5.82 Å². The summed E-state index contributed by atoms with van der Waals surface area (Å²) in [7, 11) is 2.15. The van der Waals surface area contributed by atoms with Crippen LogP contribution in [0, 0.1) is 0 Å². The van der Waals surface area contributed by atoms with Gasteiger partial charge in [-0.25, -0.2) is 4.98 Å². The Labute approximate surface area is 115 Å². The Morgan fingerprint density at radius 3 is 2.68 bits per heavy atom. The van der Waals surface area contributed by atoms with Crippen LogP contribution in [0.25, 0.3) is 11.0 Å². The van der Waals surface area contributed by atoms with Gasteiger partial charge in [0, 0.05) is 13.0 Å². The van der Waals surface area contributed by atoms with Crippen molar-refractivity contribution < 1.29 is 0 Å². The second kappa shape index (κ2) is 4.97. The molecule has 0 radical (unpaired) electrons. The van der Waals surface area contributed by atoms with Crippen molar-refractivity contribution in [1.82, 2.24) is 14.9 Å². The van der Waals surface area contributed by atoms with E-state index in [9.17, 15) is 0 Å². The molecule has 3 heteroatoms. The highest BCUT2D eigenvalue weighted by Crippen LogP contribution is 2.28. The van der Waals surface area contributed by atoms with Crippen molar-refractivity contribution in [1.29, 1.82) is 0 Å². The van der Waals surface area contributed by atoms with Gasteiger partial charge in [0.05, 0.1) is 11.0 Å². The number of nitrogens with zero attached hydrogens (tertiary/aromatic N) is 2. The minimum atomic E-state index is 0.564. The second-order valence-electron chi connectivity index (χ2n) is 5.96. The SMILES string of the molecule is CC(C)c1ccc2c(c1)nc(C1CCNCC1)n2C. The normalized spacial score (nSPS) is 17.5. The molecule has 102 valence electrons. The van der Waals surface area contributed by atoms with Crippen LogP contribution >= 0.6 is 0 Å². The molecule has 1 aromatic carbocycles. The molecule has 1 aliphatic heterocycles. The van der Waals surface area contributed by atoms with Gasteiger partial charge in [-0.15, -0.1) is 0 Å². The van der Waals surface area contributed by atoms with E-state index in [0.29, 0.717) is 11.8 Å². The first-order valence-electron chi connectivity index (χ1n) is 7.34. The molecule has 0 aliphatic carbocycles. The number of imidazole rings is 1. The monoisotopic (exact) mass is 257 g/mol. The molecule has 2 heterocycles. The molecular weight excluding hydrogens is 234 g/mol. The minimum absolute atomic E-state index is 0.564. The maximum atomic E-state index is 4.91. The molecular formula is C16H23N3. The van der Waals surface area contributed by atoms with Crippen LogP contribution in [-0.2, 0) is 7.05 Å². The van der Waals surface area contributed by atoms with Crippen LogP contribution in [-0.4, -0.2) is 22.6 Å². The third-order valence-corrected chi connectivity index (χ3v) is 4.31. The molecule has 1 aliphatic rings. The molecule has 2 aromatic rings. The van der Waals surface area contributed by atoms with Gasteiger partial charge in [0.2, 0.25) is 0 Å². The number of benzene rings is 1. The predicted molar refractivity (Wildman–Crippen MR) is 79.6 cm³/mol. The maximum Gasteiger partial charge on any atom is 0.112 e. The Kier molecular flexibility index (Phi) is 3.31. The van der Waals surface area contributed by atoms with E-state index in [0.717, 1.165) is 18.6 Å². The molecule has 0 unspecified atom stereocenters. The summed E-state index contributed by atoms with van der Waals surface area (Å²) >= 11 is 0. The van der Waals surface area contributed by atoms with E-state index in [1.807, 2.05) is 0 Å². The third-order valence-electron chi connectivity index (χ3n) is 4.31. The van der Waals surface area contributed by atoms with E-state index in [2.05, 4.69) is 49.0 Å². The number of hydrogen-bond donors (Lipinski definition) is 1. The van der Waals surface area contributed by atoms with Crippen LogP contribution in [0.5, 0.6) is 0 Å². The van der Waals surface area contributed by atoms with Crippen LogP contribution in [0.2, 0.25) is 0 Å². The van der Waals surface area contributed by atoms with Gasteiger partial charge in [0.15, 0.2) is 0 Å². The molecule has 1 aromatic heterocycles. The van der Waals surface area contributed by atoms with Crippen LogP contribution in [0.3, 0.4) is 0 Å². The minimum Gasteiger partial charge on any atom is -0.331 e. The average Bonchev–Trinajstić information content (AvgIpc) is 2.76. The Bertz CT molecular complexity index is 577. The summed E-state index contributed by atoms with van der Waals surface area (Å²) in [5.41, 5.74) is 3.79. The molecule has 3 nitrogen and oxygen atoms in total. The molecule has 0 atom stereocenters. The summed E-state index contributed by atoms with van der Waals surface area (Å²) in [5.74, 6) is 2.44. The van der Waals surface area contributed by atoms with E-state index in [-0.39, 0.29) is 0 Å². The largest absolute Gasteiger partial charge is 0.331 e. The first kappa shape index (κ1) is 12.7. The fourth-order valence-corrected chi connectivity index (χ4v) is 3.04. The lowest BCUT2D eigenvalue weighted by Gasteiger charge is -2.22. The summed E-state index contributed by atoms with van der Waals surface area (Å²) in [5, 5.41) is 3.42. The molecule has 1 fully saturated rings. The lowest BCUT2D eigenvalue weighted by molar-refractivity contribution is 0.438. The lowest BCUT2D eigenvalue weighted by atomic mass is 9.97. The Hall–Kier alpha value is -1.35. The second-order valence-corrected chi connectivity index (χ2v) is 5.96. The van der Waals surface area contributed by atoms with E-state index in [1.54, 1.807) is 0 Å². The zero-order chi connectivity index (χ0) is 13.4. The number of hydrogen-bond acceptors (Lipinski definition) is 2. The molecule has 0 saturated carbocycles. The quantitative estimate of drug-likeness (QED) is 0.895. The van der Waals surface area contributed by atoms with Crippen molar-refractivity contribution in [3.8, 4) is 0 Å². The van der Waals surface area contributed by atoms with E-state index >= 15 is 0 Å². The van der Waals surface area contributed by atoms with Gasteiger partial charge < -0.3 is 9.88 Å². The highest BCUT2D eigenvalue weighted by atomic mass is 15.1. The molecule has 0 amide bonds. The highest BCUT2D eigenvalue weighted by Gasteiger charge is 2.21. The van der Waals surface area contributed by atoms with Crippen molar-refractivity contribution in [3.63, 3.8) is 0 Å². The predicted octanol–water partition coefficient (Wildman–Crippen LogP) is 3.16. The number of piperidine rings is 1. The number of rotatable bonds is 2. The summed E-state index contributed by atoms with van der Waals surface area (Å²) in [4.78, 5) is 4.91. The van der Waals surface area contributed by atoms with Crippen molar-refractivity contribution in [2.45, 2.75) is 38.5 Å². The summed E-state index contributed by atoms with van der Waals surface area (Å²) < 4.78 is 2.29. The Balaban J connectivity index is 2.03. The summed E-state index contributed by atoms with van der Waals surface area (Å²) in [6, 6.07) is 6.72. The highest BCUT2D eigenvalue weighted by molar-refractivity contribution is 5.77. The zero-order valence-electron chi connectivity index (χ0n) is 12.1. The topological polar surface area (TPSA) is 29.9 Å². The molecule has 0 spiro atoms. The Morgan fingerprint density at radius 2 is 2.00 bits per heavy atom. The van der Waals surface area contributed by atoms with E-state index in [4.69, 9.17) is 4.98 Å². The number of nitrogens with one attached hydrogen (secondary N) is 1. The van der Waals surface area contributed by atoms with Crippen molar-refractivity contribution >= 4 is 11.0 Å². The molecule has 0 bridgehead atoms. The van der Waals surface area contributed by atoms with Crippen molar-refractivity contribution in [2.75, 3.05) is 13.1 Å². The van der Waals surface area contributed by atoms with Crippen LogP contribution in [0.1, 0.15) is 49.9 Å². The third kappa shape index (κ3) is 2.27. The fourth-order valence-electron chi connectivity index (χ4n) is 3.04. The van der Waals surface area contributed by atoms with Gasteiger partial charge in [-0.2, -0.15) is 0 Å². The summed E-state index contributed by atoms with van der Waals surface area (Å²) in [6.07, 6.45) is 2.41. The maximum absolute atomic E-state index is 4.91. The van der Waals surface area contributed by atoms with Gasteiger partial charge in [0.25, 0.3) is 0 Å². The van der Waals surface area contributed by atoms with E-state index in [1.165, 1.54) is 29.7 Å². The zero-order valence-corrected chi connectivity index (χ0v) is 12.1. The molecule has 3 rings (SSSR count). The Morgan fingerprint density at radius 1 is 1.26 bits per heavy atom. The van der Waals surface area contributed by atoms with Crippen LogP contribution in [0.4, 0.5) is 0 Å². The van der Waals surface area contributed by atoms with Gasteiger partial charge in [-0.05, 0) is 49.5 Å². The van der Waals surface area contributed by atoms with E-state index < -0.39 is 0 Å².